The van der Waals surface area contributed by atoms with E-state index in [0.29, 0.717) is 17.8 Å². The second-order valence-corrected chi connectivity index (χ2v) is 4.56. The Morgan fingerprint density at radius 2 is 2.21 bits per heavy atom. The number of thioether (sulfide) groups is 1. The summed E-state index contributed by atoms with van der Waals surface area (Å²) in [6, 6.07) is 2.21. The van der Waals surface area contributed by atoms with Crippen LogP contribution in [-0.2, 0) is 0 Å². The summed E-state index contributed by atoms with van der Waals surface area (Å²) in [7, 11) is 0. The minimum absolute atomic E-state index is 0.512. The van der Waals surface area contributed by atoms with Crippen LogP contribution >= 0.6 is 11.8 Å². The number of nitrogen functional groups attached to an aromatic ring is 1. The second kappa shape index (κ2) is 4.50. The van der Waals surface area contributed by atoms with E-state index in [9.17, 15) is 0 Å². The van der Waals surface area contributed by atoms with Gasteiger partial charge in [-0.2, -0.15) is 16.7 Å². The third kappa shape index (κ3) is 2.51. The van der Waals surface area contributed by atoms with Crippen LogP contribution in [0, 0.1) is 0 Å². The first-order valence-electron chi connectivity index (χ1n) is 4.77. The van der Waals surface area contributed by atoms with Crippen molar-refractivity contribution in [2.75, 3.05) is 22.6 Å². The smallest absolute Gasteiger partial charge is 0.224 e. The van der Waals surface area contributed by atoms with Gasteiger partial charge in [-0.1, -0.05) is 0 Å². The Morgan fingerprint density at radius 3 is 2.93 bits per heavy atom. The highest BCUT2D eigenvalue weighted by Crippen LogP contribution is 2.19. The zero-order valence-electron chi connectivity index (χ0n) is 7.94. The average Bonchev–Trinajstić information content (AvgIpc) is 2.19. The molecule has 0 saturated carbocycles. The van der Waals surface area contributed by atoms with E-state index in [2.05, 4.69) is 15.3 Å². The summed E-state index contributed by atoms with van der Waals surface area (Å²) in [6.45, 7) is 0. The van der Waals surface area contributed by atoms with E-state index in [1.165, 1.54) is 24.3 Å². The number of hydrogen-bond donors (Lipinski definition) is 2. The normalized spacial score (nSPS) is 18.0. The van der Waals surface area contributed by atoms with Crippen molar-refractivity contribution in [3.8, 4) is 0 Å². The third-order valence-corrected chi connectivity index (χ3v) is 3.28. The molecule has 3 N–H and O–H groups in total. The molecule has 1 aromatic rings. The fourth-order valence-corrected chi connectivity index (χ4v) is 2.57. The van der Waals surface area contributed by atoms with Gasteiger partial charge < -0.3 is 11.1 Å². The minimum Gasteiger partial charge on any atom is -0.384 e. The van der Waals surface area contributed by atoms with Gasteiger partial charge in [-0.3, -0.25) is 0 Å². The largest absolute Gasteiger partial charge is 0.384 e. The molecule has 0 radical (unpaired) electrons. The molecule has 2 rings (SSSR count). The van der Waals surface area contributed by atoms with Crippen molar-refractivity contribution in [3.05, 3.63) is 12.3 Å². The van der Waals surface area contributed by atoms with Crippen LogP contribution in [0.2, 0.25) is 0 Å². The minimum atomic E-state index is 0.512. The van der Waals surface area contributed by atoms with Crippen LogP contribution in [0.5, 0.6) is 0 Å². The van der Waals surface area contributed by atoms with E-state index in [4.69, 9.17) is 5.73 Å². The van der Waals surface area contributed by atoms with E-state index >= 15 is 0 Å². The number of nitrogens with two attached hydrogens (primary N) is 1. The molecule has 2 heterocycles. The van der Waals surface area contributed by atoms with Gasteiger partial charge in [0, 0.05) is 12.2 Å². The molecule has 0 atom stereocenters. The summed E-state index contributed by atoms with van der Waals surface area (Å²) in [5.41, 5.74) is 5.57. The monoisotopic (exact) mass is 210 g/mol. The summed E-state index contributed by atoms with van der Waals surface area (Å²) in [4.78, 5) is 8.24. The molecular weight excluding hydrogens is 196 g/mol. The maximum Gasteiger partial charge on any atom is 0.224 e. The van der Waals surface area contributed by atoms with E-state index in [0.717, 1.165) is 0 Å². The van der Waals surface area contributed by atoms with Crippen LogP contribution in [-0.4, -0.2) is 27.5 Å². The quantitative estimate of drug-likeness (QED) is 0.771. The van der Waals surface area contributed by atoms with Gasteiger partial charge in [0.25, 0.3) is 0 Å². The number of rotatable bonds is 2. The highest BCUT2D eigenvalue weighted by atomic mass is 32.2. The molecule has 1 fully saturated rings. The molecule has 76 valence electrons. The van der Waals surface area contributed by atoms with Crippen molar-refractivity contribution >= 4 is 23.5 Å². The lowest BCUT2D eigenvalue weighted by Gasteiger charge is -2.22. The van der Waals surface area contributed by atoms with E-state index in [1.54, 1.807) is 12.3 Å². The van der Waals surface area contributed by atoms with E-state index < -0.39 is 0 Å². The lowest BCUT2D eigenvalue weighted by atomic mass is 10.2. The molecule has 0 unspecified atom stereocenters. The van der Waals surface area contributed by atoms with Crippen LogP contribution in [0.1, 0.15) is 12.8 Å². The maximum absolute atomic E-state index is 5.57. The van der Waals surface area contributed by atoms with E-state index in [1.807, 2.05) is 11.8 Å². The molecule has 0 spiro atoms. The Kier molecular flexibility index (Phi) is 3.08. The van der Waals surface area contributed by atoms with Crippen LogP contribution in [0.4, 0.5) is 11.8 Å². The van der Waals surface area contributed by atoms with Crippen molar-refractivity contribution in [1.29, 1.82) is 0 Å². The first-order chi connectivity index (χ1) is 6.84. The van der Waals surface area contributed by atoms with Gasteiger partial charge in [-0.05, 0) is 30.4 Å². The Hall–Kier alpha value is -0.970. The van der Waals surface area contributed by atoms with Gasteiger partial charge >= 0.3 is 0 Å². The molecule has 1 saturated heterocycles. The SMILES string of the molecule is Nc1ccnc(NC2CCSCC2)n1. The van der Waals surface area contributed by atoms with Gasteiger partial charge in [0.05, 0.1) is 0 Å². The number of hydrogen-bond acceptors (Lipinski definition) is 5. The Labute approximate surface area is 87.7 Å². The van der Waals surface area contributed by atoms with Crippen molar-refractivity contribution < 1.29 is 0 Å². The first-order valence-corrected chi connectivity index (χ1v) is 5.93. The maximum atomic E-state index is 5.57. The molecule has 0 amide bonds. The molecule has 1 aliphatic rings. The molecule has 4 nitrogen and oxygen atoms in total. The predicted octanol–water partition coefficient (Wildman–Crippen LogP) is 1.37. The van der Waals surface area contributed by atoms with Gasteiger partial charge in [0.1, 0.15) is 5.82 Å². The van der Waals surface area contributed by atoms with E-state index in [-0.39, 0.29) is 0 Å². The third-order valence-electron chi connectivity index (χ3n) is 2.23. The Morgan fingerprint density at radius 1 is 1.43 bits per heavy atom. The lowest BCUT2D eigenvalue weighted by molar-refractivity contribution is 0.660. The zero-order chi connectivity index (χ0) is 9.80. The van der Waals surface area contributed by atoms with Crippen LogP contribution in [0.15, 0.2) is 12.3 Å². The van der Waals surface area contributed by atoms with Crippen molar-refractivity contribution in [2.24, 2.45) is 0 Å². The summed E-state index contributed by atoms with van der Waals surface area (Å²) >= 11 is 2.01. The average molecular weight is 210 g/mol. The highest BCUT2D eigenvalue weighted by molar-refractivity contribution is 7.99. The lowest BCUT2D eigenvalue weighted by Crippen LogP contribution is -2.25. The number of nitrogens with zero attached hydrogens (tertiary/aromatic N) is 2. The molecule has 0 aromatic carbocycles. The standard InChI is InChI=1S/C9H14N4S/c10-8-1-4-11-9(13-8)12-7-2-5-14-6-3-7/h1,4,7H,2-3,5-6H2,(H3,10,11,12,13). The molecule has 0 aliphatic carbocycles. The fraction of sp³-hybridized carbons (Fsp3) is 0.556. The van der Waals surface area contributed by atoms with Gasteiger partial charge in [0.15, 0.2) is 0 Å². The number of aromatic nitrogens is 2. The second-order valence-electron chi connectivity index (χ2n) is 3.34. The van der Waals surface area contributed by atoms with Crippen LogP contribution in [0.3, 0.4) is 0 Å². The van der Waals surface area contributed by atoms with Crippen molar-refractivity contribution in [3.63, 3.8) is 0 Å². The summed E-state index contributed by atoms with van der Waals surface area (Å²) in [6.07, 6.45) is 4.05. The van der Waals surface area contributed by atoms with Crippen molar-refractivity contribution in [1.82, 2.24) is 9.97 Å². The molecular formula is C9H14N4S. The number of nitrogens with one attached hydrogen (secondary N) is 1. The van der Waals surface area contributed by atoms with Gasteiger partial charge in [-0.25, -0.2) is 4.98 Å². The Balaban J connectivity index is 1.95. The summed E-state index contributed by atoms with van der Waals surface area (Å²) in [5.74, 6) is 3.62. The highest BCUT2D eigenvalue weighted by Gasteiger charge is 2.13. The van der Waals surface area contributed by atoms with Crippen LogP contribution in [0.25, 0.3) is 0 Å². The van der Waals surface area contributed by atoms with Crippen molar-refractivity contribution in [2.45, 2.75) is 18.9 Å². The zero-order valence-corrected chi connectivity index (χ0v) is 8.76. The number of anilines is 2. The summed E-state index contributed by atoms with van der Waals surface area (Å²) in [5, 5.41) is 3.31. The topological polar surface area (TPSA) is 63.8 Å². The summed E-state index contributed by atoms with van der Waals surface area (Å²) < 4.78 is 0. The molecule has 14 heavy (non-hydrogen) atoms. The molecule has 1 aliphatic heterocycles. The predicted molar refractivity (Wildman–Crippen MR) is 60.4 cm³/mol. The molecule has 1 aromatic heterocycles. The Bertz CT molecular complexity index is 299. The molecule has 0 bridgehead atoms. The van der Waals surface area contributed by atoms with Gasteiger partial charge in [0.2, 0.25) is 5.95 Å². The fourth-order valence-electron chi connectivity index (χ4n) is 1.47. The first kappa shape index (κ1) is 9.58. The van der Waals surface area contributed by atoms with Gasteiger partial charge in [-0.15, -0.1) is 0 Å². The van der Waals surface area contributed by atoms with Crippen LogP contribution < -0.4 is 11.1 Å². The molecule has 5 heteroatoms.